The highest BCUT2D eigenvalue weighted by Gasteiger charge is 2.12. The van der Waals surface area contributed by atoms with Crippen molar-refractivity contribution in [1.29, 1.82) is 0 Å². The van der Waals surface area contributed by atoms with Crippen molar-refractivity contribution < 1.29 is 9.21 Å². The van der Waals surface area contributed by atoms with Crippen LogP contribution in [0.4, 0.5) is 0 Å². The smallest absolute Gasteiger partial charge is 0.284 e. The van der Waals surface area contributed by atoms with Crippen molar-refractivity contribution in [3.63, 3.8) is 0 Å². The number of benzene rings is 1. The summed E-state index contributed by atoms with van der Waals surface area (Å²) >= 11 is 12.1. The predicted molar refractivity (Wildman–Crippen MR) is 111 cm³/mol. The molecule has 0 saturated carbocycles. The molecule has 0 bridgehead atoms. The second-order valence-corrected chi connectivity index (χ2v) is 5.93. The number of amides is 1. The van der Waals surface area contributed by atoms with Gasteiger partial charge >= 0.3 is 0 Å². The van der Waals surface area contributed by atoms with Gasteiger partial charge in [-0.1, -0.05) is 29.3 Å². The number of hydrogen-bond acceptors (Lipinski definition) is 3. The lowest BCUT2D eigenvalue weighted by Gasteiger charge is -2.19. The third-order valence-corrected chi connectivity index (χ3v) is 3.90. The number of halogens is 3. The maximum Gasteiger partial charge on any atom is 0.284 e. The SMILES string of the molecule is CN=C(NCc1ccc(C(N)=O)o1)NC(C)c1ccc(Cl)cc1Cl.I. The Morgan fingerprint density at radius 3 is 2.60 bits per heavy atom. The molecule has 2 aromatic rings. The fraction of sp³-hybridized carbons (Fsp3) is 0.250. The Labute approximate surface area is 173 Å². The summed E-state index contributed by atoms with van der Waals surface area (Å²) in [6, 6.07) is 8.47. The number of furan rings is 1. The Morgan fingerprint density at radius 1 is 1.32 bits per heavy atom. The van der Waals surface area contributed by atoms with Gasteiger partial charge in [-0.15, -0.1) is 24.0 Å². The molecule has 0 aliphatic heterocycles. The van der Waals surface area contributed by atoms with Crippen molar-refractivity contribution in [2.75, 3.05) is 7.05 Å². The van der Waals surface area contributed by atoms with Crippen LogP contribution < -0.4 is 16.4 Å². The number of guanidine groups is 1. The van der Waals surface area contributed by atoms with Gasteiger partial charge in [-0.25, -0.2) is 0 Å². The Morgan fingerprint density at radius 2 is 2.04 bits per heavy atom. The molecule has 9 heteroatoms. The molecule has 1 heterocycles. The molecule has 2 rings (SSSR count). The van der Waals surface area contributed by atoms with E-state index in [1.165, 1.54) is 6.07 Å². The first-order valence-corrected chi connectivity index (χ1v) is 7.97. The fourth-order valence-electron chi connectivity index (χ4n) is 2.11. The van der Waals surface area contributed by atoms with E-state index >= 15 is 0 Å². The highest BCUT2D eigenvalue weighted by molar-refractivity contribution is 14.0. The van der Waals surface area contributed by atoms with E-state index in [9.17, 15) is 4.79 Å². The molecule has 0 aliphatic carbocycles. The Hall–Kier alpha value is -1.45. The van der Waals surface area contributed by atoms with Crippen LogP contribution in [0.5, 0.6) is 0 Å². The van der Waals surface area contributed by atoms with Gasteiger partial charge in [0.15, 0.2) is 11.7 Å². The van der Waals surface area contributed by atoms with Gasteiger partial charge < -0.3 is 20.8 Å². The van der Waals surface area contributed by atoms with Gasteiger partial charge in [-0.05, 0) is 36.8 Å². The van der Waals surface area contributed by atoms with Crippen molar-refractivity contribution >= 4 is 59.0 Å². The summed E-state index contributed by atoms with van der Waals surface area (Å²) in [5, 5.41) is 7.48. The van der Waals surface area contributed by atoms with Crippen LogP contribution in [0.3, 0.4) is 0 Å². The standard InChI is InChI=1S/C16H18Cl2N4O2.HI/c1-9(12-5-3-10(17)7-13(12)18)22-16(20-2)21-8-11-4-6-14(24-11)15(19)23;/h3-7,9H,8H2,1-2H3,(H2,19,23)(H2,20,21,22);1H. The van der Waals surface area contributed by atoms with Crippen LogP contribution in [0, 0.1) is 0 Å². The van der Waals surface area contributed by atoms with Crippen molar-refractivity contribution in [1.82, 2.24) is 10.6 Å². The summed E-state index contributed by atoms with van der Waals surface area (Å²) in [6.45, 7) is 2.31. The molecule has 1 aromatic carbocycles. The minimum atomic E-state index is -0.602. The van der Waals surface area contributed by atoms with Crippen LogP contribution >= 0.6 is 47.2 Å². The predicted octanol–water partition coefficient (Wildman–Crippen LogP) is 3.73. The fourth-order valence-corrected chi connectivity index (χ4v) is 2.68. The van der Waals surface area contributed by atoms with Crippen molar-refractivity contribution in [2.24, 2.45) is 10.7 Å². The molecule has 1 atom stereocenters. The van der Waals surface area contributed by atoms with Gasteiger partial charge in [-0.3, -0.25) is 9.79 Å². The second-order valence-electron chi connectivity index (χ2n) is 5.09. The average Bonchev–Trinajstić information content (AvgIpc) is 3.00. The molecule has 25 heavy (non-hydrogen) atoms. The molecule has 0 fully saturated rings. The summed E-state index contributed by atoms with van der Waals surface area (Å²) in [6.07, 6.45) is 0. The maximum absolute atomic E-state index is 11.0. The van der Waals surface area contributed by atoms with Gasteiger partial charge in [0.25, 0.3) is 5.91 Å². The van der Waals surface area contributed by atoms with E-state index in [-0.39, 0.29) is 35.8 Å². The van der Waals surface area contributed by atoms with E-state index in [1.807, 2.05) is 13.0 Å². The number of nitrogens with zero attached hydrogens (tertiary/aromatic N) is 1. The Kier molecular flexibility index (Phi) is 8.54. The van der Waals surface area contributed by atoms with Crippen LogP contribution in [-0.4, -0.2) is 18.9 Å². The van der Waals surface area contributed by atoms with Crippen LogP contribution in [0.15, 0.2) is 39.7 Å². The zero-order valence-electron chi connectivity index (χ0n) is 13.7. The molecule has 6 nitrogen and oxygen atoms in total. The number of rotatable bonds is 5. The van der Waals surface area contributed by atoms with E-state index in [1.54, 1.807) is 25.2 Å². The summed E-state index contributed by atoms with van der Waals surface area (Å²) in [5.41, 5.74) is 6.05. The lowest BCUT2D eigenvalue weighted by Crippen LogP contribution is -2.38. The van der Waals surface area contributed by atoms with Crippen molar-refractivity contribution in [3.8, 4) is 0 Å². The number of carbonyl (C=O) groups is 1. The van der Waals surface area contributed by atoms with E-state index < -0.39 is 5.91 Å². The van der Waals surface area contributed by atoms with Crippen molar-refractivity contribution in [3.05, 3.63) is 57.5 Å². The number of nitrogens with one attached hydrogen (secondary N) is 2. The number of hydrogen-bond donors (Lipinski definition) is 3. The van der Waals surface area contributed by atoms with Gasteiger partial charge in [0, 0.05) is 17.1 Å². The average molecular weight is 497 g/mol. The van der Waals surface area contributed by atoms with Gasteiger partial charge in [-0.2, -0.15) is 0 Å². The van der Waals surface area contributed by atoms with E-state index in [2.05, 4.69) is 15.6 Å². The molecular formula is C16H19Cl2IN4O2. The molecule has 0 spiro atoms. The summed E-state index contributed by atoms with van der Waals surface area (Å²) in [4.78, 5) is 15.2. The molecule has 1 unspecified atom stereocenters. The normalized spacial score (nSPS) is 12.2. The molecule has 1 amide bonds. The number of nitrogens with two attached hydrogens (primary N) is 1. The van der Waals surface area contributed by atoms with E-state index in [0.717, 1.165) is 5.56 Å². The lowest BCUT2D eigenvalue weighted by molar-refractivity contribution is 0.0972. The first-order chi connectivity index (χ1) is 11.4. The monoisotopic (exact) mass is 496 g/mol. The lowest BCUT2D eigenvalue weighted by atomic mass is 10.1. The molecule has 0 aliphatic rings. The third-order valence-electron chi connectivity index (χ3n) is 3.34. The molecule has 0 radical (unpaired) electrons. The highest BCUT2D eigenvalue weighted by atomic mass is 127. The molecule has 0 saturated heterocycles. The Bertz CT molecular complexity index is 764. The van der Waals surface area contributed by atoms with Crippen molar-refractivity contribution in [2.45, 2.75) is 19.5 Å². The van der Waals surface area contributed by atoms with Crippen LogP contribution in [-0.2, 0) is 6.54 Å². The van der Waals surface area contributed by atoms with Crippen LogP contribution in [0.1, 0.15) is 34.8 Å². The van der Waals surface area contributed by atoms with Gasteiger partial charge in [0.05, 0.1) is 12.6 Å². The molecule has 1 aromatic heterocycles. The zero-order valence-corrected chi connectivity index (χ0v) is 17.5. The molecule has 136 valence electrons. The largest absolute Gasteiger partial charge is 0.454 e. The summed E-state index contributed by atoms with van der Waals surface area (Å²) in [7, 11) is 1.66. The minimum Gasteiger partial charge on any atom is -0.454 e. The van der Waals surface area contributed by atoms with Gasteiger partial charge in [0.1, 0.15) is 5.76 Å². The van der Waals surface area contributed by atoms with E-state index in [0.29, 0.717) is 28.3 Å². The Balaban J connectivity index is 0.00000312. The highest BCUT2D eigenvalue weighted by Crippen LogP contribution is 2.25. The second kappa shape index (κ2) is 9.88. The topological polar surface area (TPSA) is 92.6 Å². The molecular weight excluding hydrogens is 478 g/mol. The summed E-state index contributed by atoms with van der Waals surface area (Å²) < 4.78 is 5.31. The maximum atomic E-state index is 11.0. The number of carbonyl (C=O) groups excluding carboxylic acids is 1. The zero-order chi connectivity index (χ0) is 17.7. The minimum absolute atomic E-state index is 0. The number of primary amides is 1. The third kappa shape index (κ3) is 6.09. The first kappa shape index (κ1) is 21.6. The van der Waals surface area contributed by atoms with E-state index in [4.69, 9.17) is 33.4 Å². The van der Waals surface area contributed by atoms with Crippen LogP contribution in [0.25, 0.3) is 0 Å². The summed E-state index contributed by atoms with van der Waals surface area (Å²) in [5.74, 6) is 0.653. The number of aliphatic imine (C=N–C) groups is 1. The van der Waals surface area contributed by atoms with Crippen LogP contribution in [0.2, 0.25) is 10.0 Å². The quantitative estimate of drug-likeness (QED) is 0.334. The first-order valence-electron chi connectivity index (χ1n) is 7.21. The van der Waals surface area contributed by atoms with Gasteiger partial charge in [0.2, 0.25) is 0 Å². The molecule has 4 N–H and O–H groups in total.